The lowest BCUT2D eigenvalue weighted by atomic mass is 10.2. The molecule has 1 saturated heterocycles. The number of amides is 1. The van der Waals surface area contributed by atoms with Crippen LogP contribution in [0.25, 0.3) is 0 Å². The van der Waals surface area contributed by atoms with Gasteiger partial charge in [-0.1, -0.05) is 0 Å². The Hall–Kier alpha value is -0.950. The predicted molar refractivity (Wildman–Crippen MR) is 69.9 cm³/mol. The highest BCUT2D eigenvalue weighted by atomic mass is 32.1. The van der Waals surface area contributed by atoms with Crippen molar-refractivity contribution in [3.8, 4) is 0 Å². The Morgan fingerprint density at radius 2 is 1.89 bits per heavy atom. The summed E-state index contributed by atoms with van der Waals surface area (Å²) in [7, 11) is 0. The summed E-state index contributed by atoms with van der Waals surface area (Å²) in [5.41, 5.74) is -1.63. The highest BCUT2D eigenvalue weighted by Crippen LogP contribution is 2.29. The van der Waals surface area contributed by atoms with E-state index in [-0.39, 0.29) is 20.1 Å². The smallest absolute Gasteiger partial charge is 0.413 e. The number of aliphatic carboxylic acids is 1. The van der Waals surface area contributed by atoms with Gasteiger partial charge in [0.1, 0.15) is 11.3 Å². The molecule has 1 aliphatic rings. The van der Waals surface area contributed by atoms with E-state index in [9.17, 15) is 9.59 Å². The molecule has 1 atom stereocenters. The number of ether oxygens (including phenoxy) is 2. The molecule has 0 aromatic carbocycles. The van der Waals surface area contributed by atoms with Crippen molar-refractivity contribution in [1.82, 2.24) is 4.90 Å². The van der Waals surface area contributed by atoms with E-state index < -0.39 is 29.4 Å². The number of carbonyl (C=O) groups excluding carboxylic acids is 1. The van der Waals surface area contributed by atoms with Crippen LogP contribution in [0.4, 0.5) is 4.79 Å². The standard InChI is InChI=1S/C11H19NO5.H2S/c1-10(2,3)17-9(15)12-7(8(13)14)6-16-11(12,4)5;/h7H,6H2,1-5H3,(H,13,14);1H2/t7-;/m0./s1. The van der Waals surface area contributed by atoms with Gasteiger partial charge in [-0.25, -0.2) is 9.59 Å². The first-order valence-corrected chi connectivity index (χ1v) is 5.44. The molecule has 0 radical (unpaired) electrons. The van der Waals surface area contributed by atoms with Crippen molar-refractivity contribution in [3.05, 3.63) is 0 Å². The Bertz CT molecular complexity index is 337. The fraction of sp³-hybridized carbons (Fsp3) is 0.818. The van der Waals surface area contributed by atoms with Crippen molar-refractivity contribution in [2.24, 2.45) is 0 Å². The van der Waals surface area contributed by atoms with Gasteiger partial charge in [0.15, 0.2) is 6.04 Å². The summed E-state index contributed by atoms with van der Waals surface area (Å²) >= 11 is 0. The number of carboxylic acid groups (broad SMARTS) is 1. The van der Waals surface area contributed by atoms with Crippen LogP contribution in [0.5, 0.6) is 0 Å². The summed E-state index contributed by atoms with van der Waals surface area (Å²) in [5.74, 6) is -1.10. The van der Waals surface area contributed by atoms with Gasteiger partial charge in [0, 0.05) is 0 Å². The third-order valence-electron chi connectivity index (χ3n) is 2.36. The molecule has 1 rings (SSSR count). The van der Waals surface area contributed by atoms with Crippen molar-refractivity contribution >= 4 is 25.6 Å². The number of rotatable bonds is 1. The molecule has 18 heavy (non-hydrogen) atoms. The van der Waals surface area contributed by atoms with Crippen LogP contribution in [0, 0.1) is 0 Å². The van der Waals surface area contributed by atoms with E-state index in [1.165, 1.54) is 0 Å². The molecule has 0 bridgehead atoms. The molecule has 0 spiro atoms. The first-order chi connectivity index (χ1) is 7.54. The van der Waals surface area contributed by atoms with Crippen LogP contribution in [-0.2, 0) is 14.3 Å². The van der Waals surface area contributed by atoms with Crippen molar-refractivity contribution in [2.75, 3.05) is 6.61 Å². The second-order valence-electron chi connectivity index (χ2n) is 5.46. The summed E-state index contributed by atoms with van der Waals surface area (Å²) in [4.78, 5) is 24.1. The second-order valence-corrected chi connectivity index (χ2v) is 5.46. The van der Waals surface area contributed by atoms with E-state index in [1.807, 2.05) is 0 Å². The highest BCUT2D eigenvalue weighted by Gasteiger charge is 2.48. The number of carboxylic acids is 1. The maximum atomic E-state index is 12.0. The number of hydrogen-bond donors (Lipinski definition) is 1. The first-order valence-electron chi connectivity index (χ1n) is 5.44. The van der Waals surface area contributed by atoms with Gasteiger partial charge in [-0.3, -0.25) is 4.90 Å². The Kier molecular flexibility index (Phi) is 5.07. The molecular weight excluding hydrogens is 258 g/mol. The van der Waals surface area contributed by atoms with E-state index in [0.717, 1.165) is 4.90 Å². The molecule has 1 fully saturated rings. The average molecular weight is 279 g/mol. The minimum atomic E-state index is -1.10. The van der Waals surface area contributed by atoms with Crippen molar-refractivity contribution in [2.45, 2.75) is 52.0 Å². The lowest BCUT2D eigenvalue weighted by molar-refractivity contribution is -0.143. The fourth-order valence-electron chi connectivity index (χ4n) is 1.64. The van der Waals surface area contributed by atoms with Crippen LogP contribution >= 0.6 is 13.5 Å². The van der Waals surface area contributed by atoms with Crippen LogP contribution in [0.1, 0.15) is 34.6 Å². The average Bonchev–Trinajstić information content (AvgIpc) is 2.37. The molecule has 1 heterocycles. The summed E-state index contributed by atoms with van der Waals surface area (Å²) in [6, 6.07) is -1.00. The van der Waals surface area contributed by atoms with Gasteiger partial charge >= 0.3 is 12.1 Å². The summed E-state index contributed by atoms with van der Waals surface area (Å²) in [6.07, 6.45) is -0.674. The van der Waals surface area contributed by atoms with Crippen molar-refractivity contribution in [1.29, 1.82) is 0 Å². The van der Waals surface area contributed by atoms with E-state index in [0.29, 0.717) is 0 Å². The van der Waals surface area contributed by atoms with Crippen molar-refractivity contribution < 1.29 is 24.2 Å². The van der Waals surface area contributed by atoms with Gasteiger partial charge in [0.25, 0.3) is 0 Å². The monoisotopic (exact) mass is 279 g/mol. The fourth-order valence-corrected chi connectivity index (χ4v) is 1.64. The molecule has 0 aromatic heterocycles. The largest absolute Gasteiger partial charge is 0.480 e. The molecule has 0 saturated carbocycles. The van der Waals surface area contributed by atoms with E-state index >= 15 is 0 Å². The lowest BCUT2D eigenvalue weighted by Gasteiger charge is -2.33. The molecule has 1 N–H and O–H groups in total. The van der Waals surface area contributed by atoms with Gasteiger partial charge in [0.2, 0.25) is 0 Å². The topological polar surface area (TPSA) is 76.1 Å². The molecule has 6 nitrogen and oxygen atoms in total. The maximum absolute atomic E-state index is 12.0. The molecular formula is C11H21NO5S. The molecule has 106 valence electrons. The van der Waals surface area contributed by atoms with Gasteiger partial charge < -0.3 is 14.6 Å². The van der Waals surface area contributed by atoms with Crippen LogP contribution in [0.3, 0.4) is 0 Å². The van der Waals surface area contributed by atoms with Crippen molar-refractivity contribution in [3.63, 3.8) is 0 Å². The second kappa shape index (κ2) is 5.36. The Morgan fingerprint density at radius 1 is 1.39 bits per heavy atom. The van der Waals surface area contributed by atoms with Crippen LogP contribution in [0.15, 0.2) is 0 Å². The van der Waals surface area contributed by atoms with E-state index in [2.05, 4.69) is 0 Å². The third-order valence-corrected chi connectivity index (χ3v) is 2.36. The normalized spacial score (nSPS) is 22.3. The molecule has 1 aliphatic heterocycles. The Labute approximate surface area is 114 Å². The Morgan fingerprint density at radius 3 is 2.28 bits per heavy atom. The number of carbonyl (C=O) groups is 2. The predicted octanol–water partition coefficient (Wildman–Crippen LogP) is 1.56. The molecule has 7 heteroatoms. The molecule has 0 unspecified atom stereocenters. The minimum absolute atomic E-state index is 0. The van der Waals surface area contributed by atoms with Gasteiger partial charge in [-0.05, 0) is 34.6 Å². The zero-order valence-electron chi connectivity index (χ0n) is 11.3. The van der Waals surface area contributed by atoms with E-state index in [4.69, 9.17) is 14.6 Å². The van der Waals surface area contributed by atoms with Crippen LogP contribution in [-0.4, -0.2) is 46.0 Å². The Balaban J connectivity index is 0.00000289. The quantitative estimate of drug-likeness (QED) is 0.788. The SMILES string of the molecule is CC(C)(C)OC(=O)N1[C@H](C(=O)O)COC1(C)C.S. The van der Waals surface area contributed by atoms with Gasteiger partial charge in [-0.2, -0.15) is 13.5 Å². The molecule has 0 aromatic rings. The van der Waals surface area contributed by atoms with Gasteiger partial charge in [-0.15, -0.1) is 0 Å². The van der Waals surface area contributed by atoms with E-state index in [1.54, 1.807) is 34.6 Å². The number of nitrogens with zero attached hydrogens (tertiary/aromatic N) is 1. The zero-order valence-corrected chi connectivity index (χ0v) is 12.3. The zero-order chi connectivity index (χ0) is 13.4. The number of hydrogen-bond acceptors (Lipinski definition) is 4. The first kappa shape index (κ1) is 17.1. The minimum Gasteiger partial charge on any atom is -0.480 e. The summed E-state index contributed by atoms with van der Waals surface area (Å²) < 4.78 is 10.5. The third kappa shape index (κ3) is 3.78. The lowest BCUT2D eigenvalue weighted by Crippen LogP contribution is -2.52. The molecule has 0 aliphatic carbocycles. The van der Waals surface area contributed by atoms with Gasteiger partial charge in [0.05, 0.1) is 6.61 Å². The highest BCUT2D eigenvalue weighted by molar-refractivity contribution is 7.59. The summed E-state index contributed by atoms with van der Waals surface area (Å²) in [6.45, 7) is 8.43. The van der Waals surface area contributed by atoms with Crippen LogP contribution < -0.4 is 0 Å². The summed E-state index contributed by atoms with van der Waals surface area (Å²) in [5, 5.41) is 9.03. The molecule has 1 amide bonds. The van der Waals surface area contributed by atoms with Crippen LogP contribution in [0.2, 0.25) is 0 Å². The maximum Gasteiger partial charge on any atom is 0.413 e.